The molecule has 1 aliphatic rings. The number of rotatable bonds is 3. The summed E-state index contributed by atoms with van der Waals surface area (Å²) in [5, 5.41) is 2.58. The molecule has 1 aliphatic carbocycles. The zero-order chi connectivity index (χ0) is 25.8. The molecule has 184 valence electrons. The van der Waals surface area contributed by atoms with Crippen molar-refractivity contribution in [1.82, 2.24) is 4.57 Å². The van der Waals surface area contributed by atoms with E-state index in [9.17, 15) is 0 Å². The van der Waals surface area contributed by atoms with Gasteiger partial charge >= 0.3 is 0 Å². The third-order valence-electron chi connectivity index (χ3n) is 8.51. The van der Waals surface area contributed by atoms with Gasteiger partial charge in [-0.25, -0.2) is 0 Å². The number of allylic oxidation sites excluding steroid dienone is 1. The number of hydrogen-bond acceptors (Lipinski definition) is 0. The number of para-hydroxylation sites is 1. The second-order valence-corrected chi connectivity index (χ2v) is 10.7. The van der Waals surface area contributed by atoms with Crippen LogP contribution in [0.3, 0.4) is 0 Å². The van der Waals surface area contributed by atoms with E-state index in [2.05, 4.69) is 140 Å². The topological polar surface area (TPSA) is 4.93 Å². The van der Waals surface area contributed by atoms with Crippen LogP contribution in [-0.4, -0.2) is 4.57 Å². The average molecular weight is 490 g/mol. The molecular formula is C37H31N. The molecule has 1 aromatic heterocycles. The molecule has 2 atom stereocenters. The Morgan fingerprint density at radius 2 is 1.26 bits per heavy atom. The van der Waals surface area contributed by atoms with Crippen LogP contribution in [0.5, 0.6) is 0 Å². The number of benzene rings is 5. The van der Waals surface area contributed by atoms with Gasteiger partial charge in [-0.2, -0.15) is 0 Å². The molecule has 0 fully saturated rings. The molecular weight excluding hydrogens is 458 g/mol. The highest BCUT2D eigenvalue weighted by molar-refractivity contribution is 6.16. The maximum absolute atomic E-state index is 4.33. The van der Waals surface area contributed by atoms with E-state index in [-0.39, 0.29) is 0 Å². The highest BCUT2D eigenvalue weighted by atomic mass is 15.0. The molecule has 7 rings (SSSR count). The molecule has 0 saturated carbocycles. The van der Waals surface area contributed by atoms with Crippen LogP contribution < -0.4 is 0 Å². The van der Waals surface area contributed by atoms with Gasteiger partial charge < -0.3 is 4.57 Å². The van der Waals surface area contributed by atoms with Gasteiger partial charge in [-0.3, -0.25) is 0 Å². The quantitative estimate of drug-likeness (QED) is 0.233. The fourth-order valence-electron chi connectivity index (χ4n) is 6.86. The van der Waals surface area contributed by atoms with E-state index in [0.717, 1.165) is 12.1 Å². The summed E-state index contributed by atoms with van der Waals surface area (Å²) < 4.78 is 2.31. The van der Waals surface area contributed by atoms with Gasteiger partial charge in [0.05, 0.1) is 11.0 Å². The Balaban J connectivity index is 1.57. The molecule has 1 heterocycles. The van der Waals surface area contributed by atoms with Gasteiger partial charge in [-0.15, -0.1) is 0 Å². The first-order valence-corrected chi connectivity index (χ1v) is 13.6. The van der Waals surface area contributed by atoms with E-state index >= 15 is 0 Å². The minimum absolute atomic E-state index is 0.348. The van der Waals surface area contributed by atoms with Crippen molar-refractivity contribution in [3.63, 3.8) is 0 Å². The van der Waals surface area contributed by atoms with E-state index in [1.54, 1.807) is 0 Å². The Labute approximate surface area is 224 Å². The highest BCUT2D eigenvalue weighted by Gasteiger charge is 2.31. The third kappa shape index (κ3) is 3.39. The van der Waals surface area contributed by atoms with Crippen LogP contribution in [0, 0.1) is 0 Å². The Kier molecular flexibility index (Phi) is 5.33. The van der Waals surface area contributed by atoms with Gasteiger partial charge in [0.25, 0.3) is 0 Å². The Morgan fingerprint density at radius 3 is 2.08 bits per heavy atom. The number of nitrogens with zero attached hydrogens (tertiary/aromatic N) is 1. The molecule has 1 heteroatoms. The van der Waals surface area contributed by atoms with E-state index in [0.29, 0.717) is 11.8 Å². The van der Waals surface area contributed by atoms with Gasteiger partial charge in [0.1, 0.15) is 0 Å². The fraction of sp³-hybridized carbons (Fsp3) is 0.135. The van der Waals surface area contributed by atoms with Gasteiger partial charge in [-0.1, -0.05) is 117 Å². The standard InChI is InChI=1S/C37H31N/c1-24(2)38-34-21-10-9-17-32(34)37-31(20-12-22-35(37)38)30-19-11-18-29-28-16-8-7-15-27(28)23-33(25(3)36(29)30)26-13-5-4-6-14-26/h4-22,25,33H,1,23H2,2-3H3. The van der Waals surface area contributed by atoms with Crippen LogP contribution >= 0.6 is 0 Å². The fourth-order valence-corrected chi connectivity index (χ4v) is 6.86. The largest absolute Gasteiger partial charge is 0.314 e. The second-order valence-electron chi connectivity index (χ2n) is 10.7. The van der Waals surface area contributed by atoms with Crippen LogP contribution in [0.1, 0.15) is 42.4 Å². The first kappa shape index (κ1) is 22.8. The Bertz CT molecular complexity index is 1840. The molecule has 5 aromatic carbocycles. The monoisotopic (exact) mass is 489 g/mol. The molecule has 0 spiro atoms. The van der Waals surface area contributed by atoms with E-state index < -0.39 is 0 Å². The molecule has 0 amide bonds. The molecule has 38 heavy (non-hydrogen) atoms. The van der Waals surface area contributed by atoms with Crippen molar-refractivity contribution in [2.45, 2.75) is 32.1 Å². The molecule has 0 bridgehead atoms. The third-order valence-corrected chi connectivity index (χ3v) is 8.51. The summed E-state index contributed by atoms with van der Waals surface area (Å²) in [6.07, 6.45) is 1.04. The summed E-state index contributed by atoms with van der Waals surface area (Å²) in [4.78, 5) is 0. The van der Waals surface area contributed by atoms with Crippen molar-refractivity contribution >= 4 is 27.5 Å². The van der Waals surface area contributed by atoms with Crippen molar-refractivity contribution in [2.75, 3.05) is 0 Å². The van der Waals surface area contributed by atoms with Gasteiger partial charge in [-0.05, 0) is 76.3 Å². The van der Waals surface area contributed by atoms with Crippen molar-refractivity contribution in [1.29, 1.82) is 0 Å². The van der Waals surface area contributed by atoms with E-state index in [1.807, 2.05) is 0 Å². The van der Waals surface area contributed by atoms with Crippen LogP contribution in [0.25, 0.3) is 49.8 Å². The summed E-state index contributed by atoms with van der Waals surface area (Å²) >= 11 is 0. The van der Waals surface area contributed by atoms with Gasteiger partial charge in [0, 0.05) is 16.5 Å². The normalized spacial score (nSPS) is 16.7. The first-order valence-electron chi connectivity index (χ1n) is 13.6. The Morgan fingerprint density at radius 1 is 0.658 bits per heavy atom. The lowest BCUT2D eigenvalue weighted by Crippen LogP contribution is -2.11. The second kappa shape index (κ2) is 8.89. The molecule has 0 radical (unpaired) electrons. The molecule has 0 N–H and O–H groups in total. The van der Waals surface area contributed by atoms with Crippen molar-refractivity contribution in [2.24, 2.45) is 0 Å². The minimum Gasteiger partial charge on any atom is -0.314 e. The van der Waals surface area contributed by atoms with Crippen molar-refractivity contribution < 1.29 is 0 Å². The van der Waals surface area contributed by atoms with E-state index in [4.69, 9.17) is 0 Å². The number of aromatic nitrogens is 1. The lowest BCUT2D eigenvalue weighted by atomic mass is 9.77. The lowest BCUT2D eigenvalue weighted by Gasteiger charge is -2.26. The molecule has 2 unspecified atom stereocenters. The predicted molar refractivity (Wildman–Crippen MR) is 163 cm³/mol. The number of hydrogen-bond donors (Lipinski definition) is 0. The van der Waals surface area contributed by atoms with E-state index in [1.165, 1.54) is 60.8 Å². The molecule has 0 aliphatic heterocycles. The summed E-state index contributed by atoms with van der Waals surface area (Å²) in [5.74, 6) is 0.747. The lowest BCUT2D eigenvalue weighted by molar-refractivity contribution is 0.580. The molecule has 0 saturated heterocycles. The minimum atomic E-state index is 0.348. The van der Waals surface area contributed by atoms with Crippen molar-refractivity contribution in [3.05, 3.63) is 139 Å². The van der Waals surface area contributed by atoms with Crippen LogP contribution in [0.2, 0.25) is 0 Å². The van der Waals surface area contributed by atoms with Crippen LogP contribution in [-0.2, 0) is 6.42 Å². The average Bonchev–Trinajstić information content (AvgIpc) is 3.24. The summed E-state index contributed by atoms with van der Waals surface area (Å²) in [6, 6.07) is 42.5. The first-order chi connectivity index (χ1) is 18.6. The maximum Gasteiger partial charge on any atom is 0.0543 e. The maximum atomic E-state index is 4.33. The summed E-state index contributed by atoms with van der Waals surface area (Å²) in [7, 11) is 0. The zero-order valence-electron chi connectivity index (χ0n) is 22.0. The molecule has 6 aromatic rings. The Hall–Kier alpha value is -4.36. The zero-order valence-corrected chi connectivity index (χ0v) is 22.0. The van der Waals surface area contributed by atoms with Crippen LogP contribution in [0.4, 0.5) is 0 Å². The predicted octanol–water partition coefficient (Wildman–Crippen LogP) is 10.1. The van der Waals surface area contributed by atoms with Gasteiger partial charge in [0.2, 0.25) is 0 Å². The molecule has 1 nitrogen and oxygen atoms in total. The van der Waals surface area contributed by atoms with Crippen molar-refractivity contribution in [3.8, 4) is 22.3 Å². The SMILES string of the molecule is C=C(C)n1c2ccccc2c2c(-c3cccc4c3C(C)C(c3ccccc3)Cc3ccccc3-4)cccc21. The smallest absolute Gasteiger partial charge is 0.0543 e. The summed E-state index contributed by atoms with van der Waals surface area (Å²) in [6.45, 7) is 8.85. The summed E-state index contributed by atoms with van der Waals surface area (Å²) in [5.41, 5.74) is 13.1. The number of fused-ring (bicyclic) bond motifs is 6. The highest BCUT2D eigenvalue weighted by Crippen LogP contribution is 2.50. The van der Waals surface area contributed by atoms with Gasteiger partial charge in [0.15, 0.2) is 0 Å². The van der Waals surface area contributed by atoms with Crippen LogP contribution in [0.15, 0.2) is 122 Å².